The van der Waals surface area contributed by atoms with Crippen LogP contribution in [0.3, 0.4) is 0 Å². The van der Waals surface area contributed by atoms with Gasteiger partial charge in [-0.15, -0.1) is 0 Å². The van der Waals surface area contributed by atoms with Gasteiger partial charge in [0.25, 0.3) is 6.71 Å². The lowest BCUT2D eigenvalue weighted by Crippen LogP contribution is -2.30. The van der Waals surface area contributed by atoms with Crippen molar-refractivity contribution in [2.45, 2.75) is 45.9 Å². The van der Waals surface area contributed by atoms with Crippen LogP contribution in [-0.2, 0) is 6.54 Å². The highest BCUT2D eigenvalue weighted by Crippen LogP contribution is 2.35. The molecule has 4 heterocycles. The highest BCUT2D eigenvalue weighted by atomic mass is 16.5. The molecule has 0 unspecified atom stereocenters. The molecule has 0 atom stereocenters. The molecule has 4 aromatic rings. The topological polar surface area (TPSA) is 136 Å². The number of fused-ring (bicyclic) bond motifs is 3. The molecule has 0 saturated carbocycles. The van der Waals surface area contributed by atoms with Crippen LogP contribution in [0.5, 0.6) is 5.75 Å². The first-order chi connectivity index (χ1) is 16.5. The number of carbonyl (C=O) groups is 1. The molecule has 0 radical (unpaired) electrons. The van der Waals surface area contributed by atoms with Crippen molar-refractivity contribution in [3.63, 3.8) is 0 Å². The Kier molecular flexibility index (Phi) is 5.69. The number of nitrogens with zero attached hydrogens (tertiary/aromatic N) is 5. The normalized spacial score (nSPS) is 13.9. The second-order valence-electron chi connectivity index (χ2n) is 8.98. The lowest BCUT2D eigenvalue weighted by atomic mass is 9.32. The Morgan fingerprint density at radius 1 is 1.35 bits per heavy atom. The molecule has 5 rings (SSSR count). The van der Waals surface area contributed by atoms with E-state index in [1.165, 1.54) is 0 Å². The van der Waals surface area contributed by atoms with Crippen LogP contribution in [0.15, 0.2) is 24.4 Å². The average Bonchev–Trinajstić information content (AvgIpc) is 3.36. The SMILES string of the molecule is CCn1nc(C)cc1-c1ncc2c(n1)[nH]c1c(OCCCC3CB(C#N)C3)cc(C(N)=O)cc12. The highest BCUT2D eigenvalue weighted by Gasteiger charge is 2.32. The van der Waals surface area contributed by atoms with Crippen LogP contribution < -0.4 is 10.5 Å². The molecule has 3 aromatic heterocycles. The maximum absolute atomic E-state index is 12.0. The van der Waals surface area contributed by atoms with Crippen molar-refractivity contribution in [1.29, 1.82) is 5.26 Å². The van der Waals surface area contributed by atoms with E-state index in [1.54, 1.807) is 18.3 Å². The number of H-pyrrole nitrogens is 1. The summed E-state index contributed by atoms with van der Waals surface area (Å²) in [7, 11) is 0. The zero-order valence-electron chi connectivity index (χ0n) is 19.3. The molecule has 1 amide bonds. The van der Waals surface area contributed by atoms with E-state index in [1.807, 2.05) is 24.6 Å². The van der Waals surface area contributed by atoms with Crippen LogP contribution in [-0.4, -0.2) is 44.0 Å². The Bertz CT molecular complexity index is 1430. The van der Waals surface area contributed by atoms with E-state index < -0.39 is 5.91 Å². The Balaban J connectivity index is 1.45. The van der Waals surface area contributed by atoms with Crippen LogP contribution in [0.25, 0.3) is 33.5 Å². The van der Waals surface area contributed by atoms with Crippen molar-refractivity contribution < 1.29 is 9.53 Å². The lowest BCUT2D eigenvalue weighted by molar-refractivity contribution is 0.1000. The molecule has 172 valence electrons. The van der Waals surface area contributed by atoms with Crippen LogP contribution >= 0.6 is 0 Å². The van der Waals surface area contributed by atoms with Gasteiger partial charge in [0.05, 0.1) is 17.8 Å². The van der Waals surface area contributed by atoms with Gasteiger partial charge >= 0.3 is 0 Å². The number of hydrogen-bond donors (Lipinski definition) is 2. The minimum Gasteiger partial charge on any atom is -0.491 e. The number of aromatic nitrogens is 5. The number of benzene rings is 1. The van der Waals surface area contributed by atoms with Crippen LogP contribution in [0, 0.1) is 24.1 Å². The zero-order valence-corrected chi connectivity index (χ0v) is 19.3. The van der Waals surface area contributed by atoms with Crippen molar-refractivity contribution in [3.8, 4) is 23.2 Å². The minimum atomic E-state index is -0.516. The summed E-state index contributed by atoms with van der Waals surface area (Å²) in [6, 6.07) is 5.40. The summed E-state index contributed by atoms with van der Waals surface area (Å²) in [6.45, 7) is 5.43. The molecular formula is C24H26BN7O2. The largest absolute Gasteiger partial charge is 0.491 e. The molecule has 34 heavy (non-hydrogen) atoms. The number of aromatic amines is 1. The molecular weight excluding hydrogens is 429 g/mol. The monoisotopic (exact) mass is 455 g/mol. The molecule has 0 bridgehead atoms. The summed E-state index contributed by atoms with van der Waals surface area (Å²) >= 11 is 0. The third-order valence-electron chi connectivity index (χ3n) is 6.57. The molecule has 0 aliphatic carbocycles. The van der Waals surface area contributed by atoms with Gasteiger partial charge in [0, 0.05) is 35.0 Å². The van der Waals surface area contributed by atoms with Crippen LogP contribution in [0.1, 0.15) is 35.8 Å². The van der Waals surface area contributed by atoms with E-state index >= 15 is 0 Å². The Morgan fingerprint density at radius 2 is 2.18 bits per heavy atom. The quantitative estimate of drug-likeness (QED) is 0.307. The maximum Gasteiger partial charge on any atom is 0.268 e. The summed E-state index contributed by atoms with van der Waals surface area (Å²) in [5.74, 6) is 3.56. The number of nitrogens with two attached hydrogens (primary N) is 1. The lowest BCUT2D eigenvalue weighted by Gasteiger charge is -2.27. The van der Waals surface area contributed by atoms with Gasteiger partial charge in [-0.2, -0.15) is 5.10 Å². The molecule has 3 N–H and O–H groups in total. The molecule has 1 aliphatic heterocycles. The first-order valence-electron chi connectivity index (χ1n) is 11.7. The molecule has 1 aliphatic rings. The minimum absolute atomic E-state index is 0.218. The fourth-order valence-corrected chi connectivity index (χ4v) is 4.73. The van der Waals surface area contributed by atoms with Gasteiger partial charge < -0.3 is 15.5 Å². The highest BCUT2D eigenvalue weighted by molar-refractivity contribution is 6.69. The number of nitriles is 1. The number of hydrogen-bond acceptors (Lipinski definition) is 6. The fraction of sp³-hybridized carbons (Fsp3) is 0.375. The van der Waals surface area contributed by atoms with Gasteiger partial charge in [0.2, 0.25) is 5.91 Å². The summed E-state index contributed by atoms with van der Waals surface area (Å²) in [5, 5.41) is 15.0. The van der Waals surface area contributed by atoms with E-state index in [9.17, 15) is 4.79 Å². The van der Waals surface area contributed by atoms with E-state index in [0.29, 0.717) is 35.3 Å². The number of primary amides is 1. The molecule has 9 nitrogen and oxygen atoms in total. The third-order valence-corrected chi connectivity index (χ3v) is 6.57. The summed E-state index contributed by atoms with van der Waals surface area (Å²) in [5.41, 5.74) is 9.15. The van der Waals surface area contributed by atoms with Gasteiger partial charge in [0.15, 0.2) is 5.82 Å². The Labute approximate surface area is 197 Å². The summed E-state index contributed by atoms with van der Waals surface area (Å²) in [6.07, 6.45) is 5.64. The van der Waals surface area contributed by atoms with Crippen molar-refractivity contribution in [1.82, 2.24) is 24.7 Å². The first-order valence-corrected chi connectivity index (χ1v) is 11.7. The first kappa shape index (κ1) is 22.0. The summed E-state index contributed by atoms with van der Waals surface area (Å²) in [4.78, 5) is 24.7. The van der Waals surface area contributed by atoms with Crippen LogP contribution in [0.2, 0.25) is 12.6 Å². The van der Waals surface area contributed by atoms with Crippen LogP contribution in [0.4, 0.5) is 0 Å². The van der Waals surface area contributed by atoms with Gasteiger partial charge in [-0.05, 0) is 44.9 Å². The van der Waals surface area contributed by atoms with E-state index in [2.05, 4.69) is 21.0 Å². The Morgan fingerprint density at radius 3 is 2.91 bits per heavy atom. The van der Waals surface area contributed by atoms with Gasteiger partial charge in [0.1, 0.15) is 17.1 Å². The molecule has 1 fully saturated rings. The Hall–Kier alpha value is -3.87. The number of aryl methyl sites for hydroxylation is 2. The number of carbonyl (C=O) groups excluding carboxylic acids is 1. The number of amides is 1. The second kappa shape index (κ2) is 8.82. The number of ether oxygens (including phenoxy) is 1. The van der Waals surface area contributed by atoms with Crippen molar-refractivity contribution in [3.05, 3.63) is 35.7 Å². The zero-order chi connectivity index (χ0) is 23.8. The second-order valence-corrected chi connectivity index (χ2v) is 8.98. The van der Waals surface area contributed by atoms with Crippen molar-refractivity contribution >= 4 is 34.6 Å². The van der Waals surface area contributed by atoms with Gasteiger partial charge in [-0.1, -0.05) is 18.6 Å². The predicted octanol–water partition coefficient (Wildman–Crippen LogP) is 3.75. The van der Waals surface area contributed by atoms with E-state index in [4.69, 9.17) is 20.7 Å². The predicted molar refractivity (Wildman–Crippen MR) is 131 cm³/mol. The number of nitrogens with one attached hydrogen (secondary N) is 1. The molecule has 1 aromatic carbocycles. The maximum atomic E-state index is 12.0. The van der Waals surface area contributed by atoms with Gasteiger partial charge in [-0.25, -0.2) is 15.2 Å². The summed E-state index contributed by atoms with van der Waals surface area (Å²) < 4.78 is 7.98. The molecule has 0 spiro atoms. The van der Waals surface area contributed by atoms with Gasteiger partial charge in [-0.3, -0.25) is 9.48 Å². The van der Waals surface area contributed by atoms with Crippen molar-refractivity contribution in [2.75, 3.05) is 6.61 Å². The number of rotatable bonds is 8. The van der Waals surface area contributed by atoms with E-state index in [-0.39, 0.29) is 6.71 Å². The van der Waals surface area contributed by atoms with Crippen molar-refractivity contribution in [2.24, 2.45) is 11.7 Å². The molecule has 1 saturated heterocycles. The smallest absolute Gasteiger partial charge is 0.268 e. The molecule has 10 heteroatoms. The standard InChI is InChI=1S/C24H26BN7O2/c1-3-32-19(7-14(2)31-32)24-28-12-18-17-8-16(22(27)33)9-20(21(17)29-23(18)30-24)34-6-4-5-15-10-25(11-15)13-26/h7-9,12,15H,3-6,10-11H2,1-2H3,(H2,27,33)(H,28,29,30). The average molecular weight is 455 g/mol. The van der Waals surface area contributed by atoms with E-state index in [0.717, 1.165) is 59.7 Å². The fourth-order valence-electron chi connectivity index (χ4n) is 4.73. The third kappa shape index (κ3) is 3.98.